The largest absolute Gasteiger partial charge is 0.500 e. The van der Waals surface area contributed by atoms with Crippen molar-refractivity contribution in [3.05, 3.63) is 0 Å². The first-order valence-corrected chi connectivity index (χ1v) is 10.1. The minimum Gasteiger partial charge on any atom is -0.377 e. The molecule has 1 aliphatic heterocycles. The van der Waals surface area contributed by atoms with Crippen LogP contribution in [-0.4, -0.2) is 48.1 Å². The molecule has 126 valence electrons. The lowest BCUT2D eigenvalue weighted by Crippen LogP contribution is -2.57. The number of rotatable bonds is 10. The van der Waals surface area contributed by atoms with Gasteiger partial charge in [0, 0.05) is 26.7 Å². The van der Waals surface area contributed by atoms with Gasteiger partial charge in [-0.25, -0.2) is 0 Å². The van der Waals surface area contributed by atoms with Crippen molar-refractivity contribution in [2.45, 2.75) is 70.8 Å². The van der Waals surface area contributed by atoms with E-state index in [1.807, 2.05) is 0 Å². The lowest BCUT2D eigenvalue weighted by atomic mass is 10.0. The van der Waals surface area contributed by atoms with Crippen LogP contribution in [0.15, 0.2) is 0 Å². The van der Waals surface area contributed by atoms with Gasteiger partial charge in [0.05, 0.1) is 13.2 Å². The maximum atomic E-state index is 6.40. The molecule has 1 aliphatic rings. The van der Waals surface area contributed by atoms with Crippen LogP contribution in [-0.2, 0) is 22.8 Å². The average Bonchev–Trinajstić information content (AvgIpc) is 2.54. The fourth-order valence-corrected chi connectivity index (χ4v) is 5.03. The molecule has 6 heteroatoms. The van der Waals surface area contributed by atoms with Gasteiger partial charge in [-0.3, -0.25) is 0 Å². The molecule has 1 heterocycles. The highest BCUT2D eigenvalue weighted by atomic mass is 28.4. The fourth-order valence-electron chi connectivity index (χ4n) is 2.80. The summed E-state index contributed by atoms with van der Waals surface area (Å²) in [5.74, 6) is -0.655. The molecule has 1 fully saturated rings. The molecular formula is C15H32O5Si. The topological polar surface area (TPSA) is 46.2 Å². The predicted octanol–water partition coefficient (Wildman–Crippen LogP) is 3.36. The summed E-state index contributed by atoms with van der Waals surface area (Å²) < 4.78 is 29.7. The standard InChI is InChI=1S/C15H32O5Si/c1-6-10-14(15(8-3)18-11-9-12-19-15)20-21(16-4,17-5)13-7-2/h14H,6-13H2,1-5H3. The predicted molar refractivity (Wildman–Crippen MR) is 84.2 cm³/mol. The Kier molecular flexibility index (Phi) is 8.37. The minimum absolute atomic E-state index is 0.147. The van der Waals surface area contributed by atoms with Gasteiger partial charge in [-0.2, -0.15) is 0 Å². The lowest BCUT2D eigenvalue weighted by Gasteiger charge is -2.44. The van der Waals surface area contributed by atoms with E-state index >= 15 is 0 Å². The van der Waals surface area contributed by atoms with E-state index in [1.54, 1.807) is 14.2 Å². The van der Waals surface area contributed by atoms with E-state index < -0.39 is 14.6 Å². The number of ether oxygens (including phenoxy) is 2. The van der Waals surface area contributed by atoms with Crippen LogP contribution in [0.1, 0.15) is 52.9 Å². The van der Waals surface area contributed by atoms with E-state index in [9.17, 15) is 0 Å². The lowest BCUT2D eigenvalue weighted by molar-refractivity contribution is -0.309. The first-order valence-electron chi connectivity index (χ1n) is 8.18. The highest BCUT2D eigenvalue weighted by Crippen LogP contribution is 2.34. The smallest absolute Gasteiger partial charge is 0.377 e. The van der Waals surface area contributed by atoms with Crippen LogP contribution in [0.2, 0.25) is 6.04 Å². The van der Waals surface area contributed by atoms with E-state index in [-0.39, 0.29) is 6.10 Å². The highest BCUT2D eigenvalue weighted by Gasteiger charge is 2.49. The molecule has 0 bridgehead atoms. The molecule has 0 aromatic rings. The zero-order chi connectivity index (χ0) is 15.8. The van der Waals surface area contributed by atoms with E-state index in [4.69, 9.17) is 22.8 Å². The Labute approximate surface area is 130 Å². The van der Waals surface area contributed by atoms with Crippen LogP contribution < -0.4 is 0 Å². The van der Waals surface area contributed by atoms with Crippen molar-refractivity contribution in [1.82, 2.24) is 0 Å². The SMILES string of the molecule is CCCC(O[Si](CCC)(OC)OC)C1(CC)OCCCO1. The molecule has 0 aliphatic carbocycles. The molecule has 21 heavy (non-hydrogen) atoms. The zero-order valence-corrected chi connectivity index (χ0v) is 15.3. The number of hydrogen-bond donors (Lipinski definition) is 0. The van der Waals surface area contributed by atoms with Gasteiger partial charge in [0.25, 0.3) is 0 Å². The molecule has 0 N–H and O–H groups in total. The first kappa shape index (κ1) is 19.1. The van der Waals surface area contributed by atoms with Crippen LogP contribution >= 0.6 is 0 Å². The molecule has 0 spiro atoms. The van der Waals surface area contributed by atoms with Crippen LogP contribution in [0.5, 0.6) is 0 Å². The molecule has 1 atom stereocenters. The molecule has 0 aromatic carbocycles. The molecule has 1 saturated heterocycles. The second-order valence-corrected chi connectivity index (χ2v) is 8.37. The second kappa shape index (κ2) is 9.22. The van der Waals surface area contributed by atoms with Crippen molar-refractivity contribution in [2.24, 2.45) is 0 Å². The van der Waals surface area contributed by atoms with Crippen LogP contribution in [0, 0.1) is 0 Å². The van der Waals surface area contributed by atoms with E-state index in [2.05, 4.69) is 20.8 Å². The molecule has 5 nitrogen and oxygen atoms in total. The molecular weight excluding hydrogens is 288 g/mol. The Morgan fingerprint density at radius 1 is 1.05 bits per heavy atom. The zero-order valence-electron chi connectivity index (χ0n) is 14.3. The van der Waals surface area contributed by atoms with Gasteiger partial charge >= 0.3 is 8.80 Å². The van der Waals surface area contributed by atoms with Crippen molar-refractivity contribution in [1.29, 1.82) is 0 Å². The van der Waals surface area contributed by atoms with Gasteiger partial charge in [0.1, 0.15) is 6.10 Å². The molecule has 0 aromatic heterocycles. The van der Waals surface area contributed by atoms with Crippen molar-refractivity contribution in [3.8, 4) is 0 Å². The molecule has 0 amide bonds. The summed E-state index contributed by atoms with van der Waals surface area (Å²) >= 11 is 0. The van der Waals surface area contributed by atoms with Gasteiger partial charge in [0.15, 0.2) is 5.79 Å². The quantitative estimate of drug-likeness (QED) is 0.578. The summed E-state index contributed by atoms with van der Waals surface area (Å²) in [7, 11) is 0.701. The Balaban J connectivity index is 2.92. The Bertz CT molecular complexity index is 277. The maximum absolute atomic E-state index is 6.40. The third kappa shape index (κ3) is 4.74. The van der Waals surface area contributed by atoms with E-state index in [0.717, 1.165) is 51.4 Å². The van der Waals surface area contributed by atoms with E-state index in [1.165, 1.54) is 0 Å². The summed E-state index contributed by atoms with van der Waals surface area (Å²) in [6.45, 7) is 7.78. The highest BCUT2D eigenvalue weighted by molar-refractivity contribution is 6.60. The maximum Gasteiger partial charge on any atom is 0.500 e. The van der Waals surface area contributed by atoms with Crippen molar-refractivity contribution < 1.29 is 22.8 Å². The normalized spacial score (nSPS) is 20.4. The van der Waals surface area contributed by atoms with E-state index in [0.29, 0.717) is 0 Å². The van der Waals surface area contributed by atoms with Gasteiger partial charge in [0.2, 0.25) is 0 Å². The molecule has 0 radical (unpaired) electrons. The summed E-state index contributed by atoms with van der Waals surface area (Å²) in [5, 5.41) is 0. The van der Waals surface area contributed by atoms with Crippen LogP contribution in [0.25, 0.3) is 0 Å². The third-order valence-corrected chi connectivity index (χ3v) is 7.02. The van der Waals surface area contributed by atoms with Crippen LogP contribution in [0.3, 0.4) is 0 Å². The monoisotopic (exact) mass is 320 g/mol. The van der Waals surface area contributed by atoms with Crippen molar-refractivity contribution in [3.63, 3.8) is 0 Å². The fraction of sp³-hybridized carbons (Fsp3) is 1.00. The van der Waals surface area contributed by atoms with Crippen LogP contribution in [0.4, 0.5) is 0 Å². The first-order chi connectivity index (χ1) is 10.1. The summed E-state index contributed by atoms with van der Waals surface area (Å²) in [5.41, 5.74) is 0. The van der Waals surface area contributed by atoms with Crippen molar-refractivity contribution in [2.75, 3.05) is 27.4 Å². The number of hydrogen-bond acceptors (Lipinski definition) is 5. The Morgan fingerprint density at radius 2 is 1.67 bits per heavy atom. The van der Waals surface area contributed by atoms with Gasteiger partial charge in [-0.05, 0) is 12.8 Å². The van der Waals surface area contributed by atoms with Gasteiger partial charge < -0.3 is 22.8 Å². The second-order valence-electron chi connectivity index (χ2n) is 5.45. The Hall–Kier alpha value is 0.0169. The van der Waals surface area contributed by atoms with Crippen molar-refractivity contribution >= 4 is 8.80 Å². The molecule has 1 rings (SSSR count). The molecule has 1 unspecified atom stereocenters. The molecule has 0 saturated carbocycles. The third-order valence-electron chi connectivity index (χ3n) is 4.02. The average molecular weight is 321 g/mol. The Morgan fingerprint density at radius 3 is 2.10 bits per heavy atom. The summed E-state index contributed by atoms with van der Waals surface area (Å²) in [6, 6.07) is 0.806. The summed E-state index contributed by atoms with van der Waals surface area (Å²) in [4.78, 5) is 0. The van der Waals surface area contributed by atoms with Gasteiger partial charge in [-0.1, -0.05) is 33.6 Å². The minimum atomic E-state index is -2.65. The van der Waals surface area contributed by atoms with Gasteiger partial charge in [-0.15, -0.1) is 0 Å². The summed E-state index contributed by atoms with van der Waals surface area (Å²) in [6.07, 6.45) is 4.40.